The van der Waals surface area contributed by atoms with Crippen LogP contribution in [0.3, 0.4) is 0 Å². The predicted molar refractivity (Wildman–Crippen MR) is 78.6 cm³/mol. The maximum absolute atomic E-state index is 12.6. The molecule has 1 aliphatic rings. The highest BCUT2D eigenvalue weighted by Gasteiger charge is 2.31. The Labute approximate surface area is 118 Å². The van der Waals surface area contributed by atoms with Crippen LogP contribution in [0.25, 0.3) is 0 Å². The zero-order valence-corrected chi connectivity index (χ0v) is 12.8. The number of nitrogen functional groups attached to an aromatic ring is 1. The molecule has 2 heterocycles. The van der Waals surface area contributed by atoms with Crippen molar-refractivity contribution in [1.29, 1.82) is 0 Å². The molecule has 7 heteroatoms. The van der Waals surface area contributed by atoms with Crippen LogP contribution in [0.4, 0.5) is 5.82 Å². The van der Waals surface area contributed by atoms with E-state index in [4.69, 9.17) is 5.73 Å². The van der Waals surface area contributed by atoms with Gasteiger partial charge in [-0.25, -0.2) is 13.4 Å². The fourth-order valence-corrected chi connectivity index (χ4v) is 4.73. The zero-order valence-electron chi connectivity index (χ0n) is 11.2. The van der Waals surface area contributed by atoms with Crippen LogP contribution in [-0.4, -0.2) is 41.3 Å². The highest BCUT2D eigenvalue weighted by atomic mass is 32.2. The van der Waals surface area contributed by atoms with E-state index in [1.807, 2.05) is 11.8 Å². The SMILES string of the molecule is CC1(C)CCN(S(=O)(=O)c2cccnc2N)CCS1. The van der Waals surface area contributed by atoms with Crippen molar-refractivity contribution >= 4 is 27.6 Å². The summed E-state index contributed by atoms with van der Waals surface area (Å²) >= 11 is 1.81. The number of nitrogens with two attached hydrogens (primary N) is 1. The molecule has 19 heavy (non-hydrogen) atoms. The van der Waals surface area contributed by atoms with Crippen molar-refractivity contribution in [3.8, 4) is 0 Å². The number of anilines is 1. The summed E-state index contributed by atoms with van der Waals surface area (Å²) in [7, 11) is -3.53. The summed E-state index contributed by atoms with van der Waals surface area (Å²) in [6.07, 6.45) is 2.33. The number of nitrogens with zero attached hydrogens (tertiary/aromatic N) is 2. The van der Waals surface area contributed by atoms with Gasteiger partial charge in [-0.15, -0.1) is 0 Å². The third kappa shape index (κ3) is 3.21. The average molecular weight is 301 g/mol. The van der Waals surface area contributed by atoms with Crippen molar-refractivity contribution in [3.63, 3.8) is 0 Å². The lowest BCUT2D eigenvalue weighted by Gasteiger charge is -2.22. The zero-order chi connectivity index (χ0) is 14.1. The van der Waals surface area contributed by atoms with Gasteiger partial charge in [0, 0.05) is 29.8 Å². The lowest BCUT2D eigenvalue weighted by atomic mass is 10.1. The summed E-state index contributed by atoms with van der Waals surface area (Å²) in [5.74, 6) is 0.866. The fourth-order valence-electron chi connectivity index (χ4n) is 2.00. The second-order valence-corrected chi connectivity index (χ2v) is 8.86. The van der Waals surface area contributed by atoms with Gasteiger partial charge >= 0.3 is 0 Å². The number of sulfonamides is 1. The molecule has 1 aliphatic heterocycles. The molecule has 0 bridgehead atoms. The molecule has 0 aliphatic carbocycles. The number of pyridine rings is 1. The molecule has 0 atom stereocenters. The van der Waals surface area contributed by atoms with E-state index in [1.54, 1.807) is 6.07 Å². The highest BCUT2D eigenvalue weighted by Crippen LogP contribution is 2.32. The summed E-state index contributed by atoms with van der Waals surface area (Å²) in [6, 6.07) is 3.11. The largest absolute Gasteiger partial charge is 0.383 e. The summed E-state index contributed by atoms with van der Waals surface area (Å²) in [5.41, 5.74) is 5.68. The second kappa shape index (κ2) is 5.30. The first kappa shape index (κ1) is 14.6. The summed E-state index contributed by atoms with van der Waals surface area (Å²) in [4.78, 5) is 3.97. The van der Waals surface area contributed by atoms with E-state index < -0.39 is 10.0 Å². The molecule has 106 valence electrons. The van der Waals surface area contributed by atoms with E-state index >= 15 is 0 Å². The van der Waals surface area contributed by atoms with Gasteiger partial charge in [-0.2, -0.15) is 16.1 Å². The van der Waals surface area contributed by atoms with Crippen molar-refractivity contribution in [1.82, 2.24) is 9.29 Å². The molecule has 5 nitrogen and oxygen atoms in total. The number of aromatic nitrogens is 1. The van der Waals surface area contributed by atoms with Gasteiger partial charge in [-0.3, -0.25) is 0 Å². The van der Waals surface area contributed by atoms with Gasteiger partial charge in [0.2, 0.25) is 10.0 Å². The molecule has 0 aromatic carbocycles. The average Bonchev–Trinajstić information content (AvgIpc) is 2.51. The minimum atomic E-state index is -3.53. The van der Waals surface area contributed by atoms with Crippen LogP contribution in [0.5, 0.6) is 0 Å². The Hall–Kier alpha value is -0.790. The van der Waals surface area contributed by atoms with Gasteiger partial charge in [0.25, 0.3) is 0 Å². The van der Waals surface area contributed by atoms with Crippen LogP contribution in [0, 0.1) is 0 Å². The Morgan fingerprint density at radius 3 is 2.84 bits per heavy atom. The summed E-state index contributed by atoms with van der Waals surface area (Å²) in [5, 5.41) is 0. The van der Waals surface area contributed by atoms with Crippen molar-refractivity contribution in [3.05, 3.63) is 18.3 Å². The van der Waals surface area contributed by atoms with Gasteiger partial charge in [0.05, 0.1) is 0 Å². The van der Waals surface area contributed by atoms with E-state index in [9.17, 15) is 8.42 Å². The van der Waals surface area contributed by atoms with Crippen molar-refractivity contribution in [2.75, 3.05) is 24.6 Å². The molecule has 1 aromatic rings. The first-order valence-electron chi connectivity index (χ1n) is 6.17. The molecular formula is C12H19N3O2S2. The van der Waals surface area contributed by atoms with E-state index in [2.05, 4.69) is 18.8 Å². The Morgan fingerprint density at radius 1 is 1.42 bits per heavy atom. The molecule has 1 fully saturated rings. The Bertz CT molecular complexity index is 558. The molecule has 0 spiro atoms. The van der Waals surface area contributed by atoms with E-state index in [-0.39, 0.29) is 15.5 Å². The van der Waals surface area contributed by atoms with Gasteiger partial charge < -0.3 is 5.73 Å². The summed E-state index contributed by atoms with van der Waals surface area (Å²) in [6.45, 7) is 5.33. The fraction of sp³-hybridized carbons (Fsp3) is 0.583. The molecule has 1 aromatic heterocycles. The molecule has 1 saturated heterocycles. The Morgan fingerprint density at radius 2 is 2.16 bits per heavy atom. The highest BCUT2D eigenvalue weighted by molar-refractivity contribution is 8.00. The van der Waals surface area contributed by atoms with Crippen LogP contribution in [-0.2, 0) is 10.0 Å². The predicted octanol–water partition coefficient (Wildman–Crippen LogP) is 1.57. The Kier molecular flexibility index (Phi) is 4.08. The number of hydrogen-bond donors (Lipinski definition) is 1. The van der Waals surface area contributed by atoms with Crippen molar-refractivity contribution < 1.29 is 8.42 Å². The van der Waals surface area contributed by atoms with Crippen LogP contribution in [0.2, 0.25) is 0 Å². The van der Waals surface area contributed by atoms with Crippen LogP contribution in [0.15, 0.2) is 23.2 Å². The van der Waals surface area contributed by atoms with Crippen molar-refractivity contribution in [2.45, 2.75) is 29.9 Å². The van der Waals surface area contributed by atoms with Gasteiger partial charge in [0.1, 0.15) is 10.7 Å². The van der Waals surface area contributed by atoms with Crippen LogP contribution in [0.1, 0.15) is 20.3 Å². The normalized spacial score (nSPS) is 20.9. The standard InChI is InChI=1S/C12H19N3O2S2/c1-12(2)5-7-15(8-9-18-12)19(16,17)10-4-3-6-14-11(10)13/h3-4,6H,5,7-9H2,1-2H3,(H2,13,14). The van der Waals surface area contributed by atoms with Crippen LogP contribution < -0.4 is 5.73 Å². The second-order valence-electron chi connectivity index (χ2n) is 5.15. The van der Waals surface area contributed by atoms with E-state index in [1.165, 1.54) is 16.6 Å². The third-order valence-corrected chi connectivity index (χ3v) is 6.53. The molecule has 0 radical (unpaired) electrons. The lowest BCUT2D eigenvalue weighted by Crippen LogP contribution is -2.34. The third-order valence-electron chi connectivity index (χ3n) is 3.21. The molecule has 2 rings (SSSR count). The number of thioether (sulfide) groups is 1. The lowest BCUT2D eigenvalue weighted by molar-refractivity contribution is 0.415. The minimum Gasteiger partial charge on any atom is -0.383 e. The van der Waals surface area contributed by atoms with Crippen molar-refractivity contribution in [2.24, 2.45) is 0 Å². The Balaban J connectivity index is 2.28. The van der Waals surface area contributed by atoms with Crippen LogP contribution >= 0.6 is 11.8 Å². The number of hydrogen-bond acceptors (Lipinski definition) is 5. The van der Waals surface area contributed by atoms with Gasteiger partial charge in [-0.1, -0.05) is 13.8 Å². The van der Waals surface area contributed by atoms with Gasteiger partial charge in [0.15, 0.2) is 0 Å². The maximum Gasteiger partial charge on any atom is 0.246 e. The van der Waals surface area contributed by atoms with Gasteiger partial charge in [-0.05, 0) is 18.6 Å². The molecule has 0 amide bonds. The van der Waals surface area contributed by atoms with E-state index in [0.717, 1.165) is 12.2 Å². The summed E-state index contributed by atoms with van der Waals surface area (Å²) < 4.78 is 26.8. The first-order chi connectivity index (χ1) is 8.83. The molecule has 0 saturated carbocycles. The number of rotatable bonds is 2. The first-order valence-corrected chi connectivity index (χ1v) is 8.60. The molecular weight excluding hydrogens is 282 g/mol. The monoisotopic (exact) mass is 301 g/mol. The van der Waals surface area contributed by atoms with E-state index in [0.29, 0.717) is 13.1 Å². The topological polar surface area (TPSA) is 76.3 Å². The minimum absolute atomic E-state index is 0.0682. The quantitative estimate of drug-likeness (QED) is 0.897. The maximum atomic E-state index is 12.6. The smallest absolute Gasteiger partial charge is 0.246 e. The molecule has 2 N–H and O–H groups in total. The molecule has 0 unspecified atom stereocenters.